The van der Waals surface area contributed by atoms with E-state index in [-0.39, 0.29) is 0 Å². The fourth-order valence-corrected chi connectivity index (χ4v) is 2.49. The predicted octanol–water partition coefficient (Wildman–Crippen LogP) is 2.36. The molecule has 19 heavy (non-hydrogen) atoms. The smallest absolute Gasteiger partial charge is 0.341 e. The number of hydrazine groups is 1. The van der Waals surface area contributed by atoms with E-state index in [1.165, 1.54) is 16.3 Å². The van der Waals surface area contributed by atoms with Crippen LogP contribution in [0.2, 0.25) is 0 Å². The lowest BCUT2D eigenvalue weighted by atomic mass is 10.2. The summed E-state index contributed by atoms with van der Waals surface area (Å²) in [6.45, 7) is 8.64. The quantitative estimate of drug-likeness (QED) is 0.474. The van der Waals surface area contributed by atoms with Crippen LogP contribution in [0.3, 0.4) is 0 Å². The number of hydrogen-bond donors (Lipinski definition) is 1. The predicted molar refractivity (Wildman–Crippen MR) is 76.4 cm³/mol. The van der Waals surface area contributed by atoms with Gasteiger partial charge >= 0.3 is 5.97 Å². The molecule has 0 bridgehead atoms. The Morgan fingerprint density at radius 2 is 2.26 bits per heavy atom. The number of nitrogens with zero attached hydrogens (tertiary/aromatic N) is 1. The van der Waals surface area contributed by atoms with Crippen molar-refractivity contribution >= 4 is 28.7 Å². The molecule has 0 aliphatic rings. The number of thiophene rings is 1. The van der Waals surface area contributed by atoms with Crippen LogP contribution >= 0.6 is 11.3 Å². The van der Waals surface area contributed by atoms with Crippen molar-refractivity contribution in [1.82, 2.24) is 5.43 Å². The number of carbonyl (C=O) groups is 2. The highest BCUT2D eigenvalue weighted by molar-refractivity contribution is 7.15. The van der Waals surface area contributed by atoms with Crippen LogP contribution in [0.25, 0.3) is 0 Å². The molecule has 1 amide bonds. The number of nitrogens with one attached hydrogen (secondary N) is 1. The van der Waals surface area contributed by atoms with Crippen LogP contribution in [0.4, 0.5) is 5.00 Å². The number of anilines is 1. The van der Waals surface area contributed by atoms with Crippen LogP contribution in [-0.2, 0) is 9.53 Å². The molecule has 106 valence electrons. The molecule has 0 radical (unpaired) electrons. The van der Waals surface area contributed by atoms with Gasteiger partial charge in [-0.2, -0.15) is 0 Å². The summed E-state index contributed by atoms with van der Waals surface area (Å²) in [5.41, 5.74) is 4.27. The Balaban J connectivity index is 2.97. The summed E-state index contributed by atoms with van der Waals surface area (Å²) in [4.78, 5) is 23.1. The van der Waals surface area contributed by atoms with Crippen LogP contribution < -0.4 is 10.4 Å². The van der Waals surface area contributed by atoms with E-state index in [0.717, 1.165) is 5.56 Å². The van der Waals surface area contributed by atoms with Gasteiger partial charge in [0.2, 0.25) is 6.41 Å². The van der Waals surface area contributed by atoms with Gasteiger partial charge in [0, 0.05) is 6.54 Å². The molecule has 1 N–H and O–H groups in total. The maximum Gasteiger partial charge on any atom is 0.341 e. The zero-order chi connectivity index (χ0) is 14.4. The molecule has 0 unspecified atom stereocenters. The summed E-state index contributed by atoms with van der Waals surface area (Å²) in [6, 6.07) is 0. The van der Waals surface area contributed by atoms with Gasteiger partial charge in [-0.25, -0.2) is 15.2 Å². The van der Waals surface area contributed by atoms with E-state index in [1.54, 1.807) is 6.92 Å². The Morgan fingerprint density at radius 3 is 2.79 bits per heavy atom. The molecule has 6 heteroatoms. The first-order chi connectivity index (χ1) is 9.01. The minimum atomic E-state index is -0.394. The second kappa shape index (κ2) is 7.25. The van der Waals surface area contributed by atoms with Gasteiger partial charge in [-0.3, -0.25) is 4.79 Å². The first-order valence-electron chi connectivity index (χ1n) is 6.24. The molecule has 0 saturated carbocycles. The van der Waals surface area contributed by atoms with Crippen LogP contribution in [0.15, 0.2) is 5.38 Å². The molecule has 0 atom stereocenters. The van der Waals surface area contributed by atoms with E-state index in [0.29, 0.717) is 36.0 Å². The molecule has 1 aromatic rings. The van der Waals surface area contributed by atoms with E-state index in [2.05, 4.69) is 5.43 Å². The van der Waals surface area contributed by atoms with Crippen LogP contribution in [0.1, 0.15) is 36.7 Å². The van der Waals surface area contributed by atoms with E-state index in [9.17, 15) is 9.59 Å². The topological polar surface area (TPSA) is 58.6 Å². The van der Waals surface area contributed by atoms with Gasteiger partial charge in [0.15, 0.2) is 0 Å². The lowest BCUT2D eigenvalue weighted by Crippen LogP contribution is -2.39. The van der Waals surface area contributed by atoms with Crippen molar-refractivity contribution in [2.75, 3.05) is 18.2 Å². The second-order valence-corrected chi connectivity index (χ2v) is 5.41. The average molecular weight is 284 g/mol. The number of aryl methyl sites for hydroxylation is 1. The lowest BCUT2D eigenvalue weighted by molar-refractivity contribution is -0.108. The zero-order valence-electron chi connectivity index (χ0n) is 11.7. The van der Waals surface area contributed by atoms with Crippen molar-refractivity contribution in [2.45, 2.75) is 27.7 Å². The summed E-state index contributed by atoms with van der Waals surface area (Å²) >= 11 is 1.35. The van der Waals surface area contributed by atoms with Gasteiger partial charge in [-0.05, 0) is 30.7 Å². The molecule has 0 saturated heterocycles. The van der Waals surface area contributed by atoms with Gasteiger partial charge in [-0.15, -0.1) is 11.3 Å². The Hall–Kier alpha value is -1.40. The highest BCUT2D eigenvalue weighted by Crippen LogP contribution is 2.30. The van der Waals surface area contributed by atoms with Crippen LogP contribution in [0, 0.1) is 12.8 Å². The number of amides is 1. The van der Waals surface area contributed by atoms with Crippen molar-refractivity contribution < 1.29 is 14.3 Å². The molecule has 0 aliphatic heterocycles. The fraction of sp³-hybridized carbons (Fsp3) is 0.538. The van der Waals surface area contributed by atoms with Crippen molar-refractivity contribution in [3.8, 4) is 0 Å². The highest BCUT2D eigenvalue weighted by atomic mass is 32.1. The molecule has 1 rings (SSSR count). The molecule has 1 aromatic heterocycles. The minimum absolute atomic E-state index is 0.314. The molecule has 0 aromatic carbocycles. The van der Waals surface area contributed by atoms with E-state index in [4.69, 9.17) is 4.74 Å². The molecular formula is C13H20N2O3S. The summed E-state index contributed by atoms with van der Waals surface area (Å²) < 4.78 is 5.03. The first kappa shape index (κ1) is 15.7. The number of carbonyl (C=O) groups excluding carboxylic acids is 2. The monoisotopic (exact) mass is 284 g/mol. The molecule has 0 fully saturated rings. The van der Waals surface area contributed by atoms with E-state index < -0.39 is 5.97 Å². The average Bonchev–Trinajstić information content (AvgIpc) is 2.72. The summed E-state index contributed by atoms with van der Waals surface area (Å²) in [5.74, 6) is 0.00370. The van der Waals surface area contributed by atoms with Crippen LogP contribution in [0.5, 0.6) is 0 Å². The summed E-state index contributed by atoms with van der Waals surface area (Å²) in [5, 5.41) is 3.77. The van der Waals surface area contributed by atoms with Gasteiger partial charge in [0.25, 0.3) is 0 Å². The third-order valence-electron chi connectivity index (χ3n) is 2.43. The summed E-state index contributed by atoms with van der Waals surface area (Å²) in [7, 11) is 0. The number of ether oxygens (including phenoxy) is 1. The molecular weight excluding hydrogens is 264 g/mol. The molecule has 5 nitrogen and oxygen atoms in total. The van der Waals surface area contributed by atoms with Gasteiger partial charge in [0.1, 0.15) is 5.00 Å². The summed E-state index contributed by atoms with van der Waals surface area (Å²) in [6.07, 6.45) is 0.677. The van der Waals surface area contributed by atoms with Crippen molar-refractivity contribution in [3.05, 3.63) is 16.5 Å². The fourth-order valence-electron chi connectivity index (χ4n) is 1.50. The Bertz CT molecular complexity index is 443. The standard InChI is InChI=1S/C13H20N2O3S/c1-5-18-13(17)11-10(4)7-19-12(11)15(8-16)14-6-9(2)3/h7-9,14H,5-6H2,1-4H3. The maximum atomic E-state index is 11.9. The largest absolute Gasteiger partial charge is 0.462 e. The van der Waals surface area contributed by atoms with Crippen molar-refractivity contribution in [1.29, 1.82) is 0 Å². The SMILES string of the molecule is CCOC(=O)c1c(C)csc1N(C=O)NCC(C)C. The van der Waals surface area contributed by atoms with Gasteiger partial charge < -0.3 is 4.74 Å². The number of rotatable bonds is 7. The molecule has 0 aliphatic carbocycles. The Kier molecular flexibility index (Phi) is 5.98. The minimum Gasteiger partial charge on any atom is -0.462 e. The normalized spacial score (nSPS) is 10.6. The zero-order valence-corrected chi connectivity index (χ0v) is 12.5. The highest BCUT2D eigenvalue weighted by Gasteiger charge is 2.22. The first-order valence-corrected chi connectivity index (χ1v) is 7.12. The third kappa shape index (κ3) is 4.04. The van der Waals surface area contributed by atoms with E-state index >= 15 is 0 Å². The van der Waals surface area contributed by atoms with Crippen molar-refractivity contribution in [3.63, 3.8) is 0 Å². The Labute approximate surface area is 117 Å². The van der Waals surface area contributed by atoms with Gasteiger partial charge in [-0.1, -0.05) is 13.8 Å². The third-order valence-corrected chi connectivity index (χ3v) is 3.52. The molecule has 1 heterocycles. The number of esters is 1. The van der Waals surface area contributed by atoms with Crippen molar-refractivity contribution in [2.24, 2.45) is 5.92 Å². The second-order valence-electron chi connectivity index (χ2n) is 4.55. The van der Waals surface area contributed by atoms with Crippen LogP contribution in [-0.4, -0.2) is 25.5 Å². The lowest BCUT2D eigenvalue weighted by Gasteiger charge is -2.19. The Morgan fingerprint density at radius 1 is 1.58 bits per heavy atom. The maximum absolute atomic E-state index is 11.9. The number of hydrogen-bond acceptors (Lipinski definition) is 5. The van der Waals surface area contributed by atoms with Gasteiger partial charge in [0.05, 0.1) is 12.2 Å². The molecule has 0 spiro atoms. The van der Waals surface area contributed by atoms with E-state index in [1.807, 2.05) is 26.2 Å².